The summed E-state index contributed by atoms with van der Waals surface area (Å²) in [5.41, 5.74) is 0. The number of carbonyl (C=O) groups is 1. The van der Waals surface area contributed by atoms with Gasteiger partial charge in [-0.15, -0.1) is 0 Å². The van der Waals surface area contributed by atoms with Gasteiger partial charge in [0, 0.05) is 13.1 Å². The largest absolute Gasteiger partial charge is 0.415 e. The van der Waals surface area contributed by atoms with Gasteiger partial charge in [-0.25, -0.2) is 4.79 Å². The lowest BCUT2D eigenvalue weighted by Gasteiger charge is -2.29. The Morgan fingerprint density at radius 2 is 2.00 bits per heavy atom. The van der Waals surface area contributed by atoms with Crippen molar-refractivity contribution in [2.75, 3.05) is 13.1 Å². The molecule has 0 N–H and O–H groups in total. The Morgan fingerprint density at radius 3 is 2.50 bits per heavy atom. The van der Waals surface area contributed by atoms with Crippen LogP contribution < -0.4 is 0 Å². The van der Waals surface area contributed by atoms with E-state index in [1.807, 2.05) is 6.92 Å². The molecule has 1 fully saturated rings. The molecule has 1 saturated heterocycles. The van der Waals surface area contributed by atoms with Gasteiger partial charge in [-0.05, 0) is 38.7 Å². The maximum Gasteiger partial charge on any atom is 0.414 e. The fourth-order valence-electron chi connectivity index (χ4n) is 1.45. The van der Waals surface area contributed by atoms with E-state index < -0.39 is 0 Å². The molecule has 0 unspecified atom stereocenters. The van der Waals surface area contributed by atoms with Crippen LogP contribution in [0, 0.1) is 5.92 Å². The Morgan fingerprint density at radius 1 is 1.43 bits per heavy atom. The van der Waals surface area contributed by atoms with Gasteiger partial charge in [0.2, 0.25) is 0 Å². The summed E-state index contributed by atoms with van der Waals surface area (Å²) >= 11 is 0. The van der Waals surface area contributed by atoms with Gasteiger partial charge in [-0.3, -0.25) is 0 Å². The maximum atomic E-state index is 11.5. The van der Waals surface area contributed by atoms with E-state index in [2.05, 4.69) is 6.92 Å². The van der Waals surface area contributed by atoms with Gasteiger partial charge >= 0.3 is 6.09 Å². The van der Waals surface area contributed by atoms with Crippen LogP contribution in [0.2, 0.25) is 0 Å². The lowest BCUT2D eigenvalue weighted by atomic mass is 10.00. The van der Waals surface area contributed by atoms with Crippen LogP contribution in [-0.2, 0) is 4.74 Å². The lowest BCUT2D eigenvalue weighted by molar-refractivity contribution is 0.112. The van der Waals surface area contributed by atoms with Crippen LogP contribution in [0.3, 0.4) is 0 Å². The van der Waals surface area contributed by atoms with Crippen LogP contribution in [0.5, 0.6) is 0 Å². The molecule has 0 spiro atoms. The van der Waals surface area contributed by atoms with Gasteiger partial charge in [-0.2, -0.15) is 0 Å². The number of ether oxygens (including phenoxy) is 1. The second-order valence-electron chi connectivity index (χ2n) is 3.94. The smallest absolute Gasteiger partial charge is 0.414 e. The van der Waals surface area contributed by atoms with Gasteiger partial charge in [0.1, 0.15) is 5.76 Å². The molecule has 1 heterocycles. The van der Waals surface area contributed by atoms with Gasteiger partial charge in [0.05, 0.1) is 0 Å². The third-order valence-electron chi connectivity index (χ3n) is 2.70. The second kappa shape index (κ2) is 5.03. The number of piperidine rings is 1. The molecule has 0 radical (unpaired) electrons. The normalized spacial score (nSPS) is 19.6. The summed E-state index contributed by atoms with van der Waals surface area (Å²) in [7, 11) is 0. The Kier molecular flexibility index (Phi) is 3.98. The van der Waals surface area contributed by atoms with Crippen molar-refractivity contribution in [1.29, 1.82) is 0 Å². The van der Waals surface area contributed by atoms with E-state index in [-0.39, 0.29) is 6.09 Å². The minimum Gasteiger partial charge on any atom is -0.415 e. The fraction of sp³-hybridized carbons (Fsp3) is 0.727. The van der Waals surface area contributed by atoms with E-state index >= 15 is 0 Å². The van der Waals surface area contributed by atoms with Gasteiger partial charge in [0.25, 0.3) is 0 Å². The third-order valence-corrected chi connectivity index (χ3v) is 2.70. The molecule has 0 aliphatic carbocycles. The van der Waals surface area contributed by atoms with Gasteiger partial charge in [-0.1, -0.05) is 6.92 Å². The highest BCUT2D eigenvalue weighted by molar-refractivity contribution is 5.68. The summed E-state index contributed by atoms with van der Waals surface area (Å²) in [6.07, 6.45) is 3.77. The highest BCUT2D eigenvalue weighted by Crippen LogP contribution is 2.17. The molecule has 1 aliphatic heterocycles. The Bertz CT molecular complexity index is 227. The molecule has 0 atom stereocenters. The first-order valence-electron chi connectivity index (χ1n) is 5.23. The van der Waals surface area contributed by atoms with E-state index in [0.29, 0.717) is 5.76 Å². The first kappa shape index (κ1) is 11.1. The summed E-state index contributed by atoms with van der Waals surface area (Å²) in [5.74, 6) is 1.41. The molecule has 0 aromatic carbocycles. The van der Waals surface area contributed by atoms with E-state index in [9.17, 15) is 4.79 Å². The van der Waals surface area contributed by atoms with Gasteiger partial charge in [0.15, 0.2) is 0 Å². The van der Waals surface area contributed by atoms with Crippen LogP contribution in [0.25, 0.3) is 0 Å². The molecule has 3 heteroatoms. The van der Waals surface area contributed by atoms with E-state index in [1.54, 1.807) is 17.9 Å². The Hall–Kier alpha value is -0.990. The monoisotopic (exact) mass is 197 g/mol. The zero-order valence-corrected chi connectivity index (χ0v) is 9.25. The lowest BCUT2D eigenvalue weighted by Crippen LogP contribution is -2.38. The maximum absolute atomic E-state index is 11.5. The number of nitrogens with zero attached hydrogens (tertiary/aromatic N) is 1. The summed E-state index contributed by atoms with van der Waals surface area (Å²) in [4.78, 5) is 13.3. The minimum absolute atomic E-state index is 0.201. The number of rotatable bonds is 1. The quantitative estimate of drug-likeness (QED) is 0.605. The average molecular weight is 197 g/mol. The SMILES string of the molecule is C/C=C(\C)OC(=O)N1CCC(C)CC1. The molecule has 14 heavy (non-hydrogen) atoms. The van der Waals surface area contributed by atoms with Crippen molar-refractivity contribution >= 4 is 6.09 Å². The predicted molar refractivity (Wildman–Crippen MR) is 55.9 cm³/mol. The topological polar surface area (TPSA) is 29.5 Å². The fourth-order valence-corrected chi connectivity index (χ4v) is 1.45. The van der Waals surface area contributed by atoms with Crippen LogP contribution in [0.15, 0.2) is 11.8 Å². The standard InChI is InChI=1S/C11H19NO2/c1-4-10(3)14-11(13)12-7-5-9(2)6-8-12/h4,9H,5-8H2,1-3H3/b10-4+. The van der Waals surface area contributed by atoms with Crippen molar-refractivity contribution in [3.8, 4) is 0 Å². The number of hydrogen-bond donors (Lipinski definition) is 0. The van der Waals surface area contributed by atoms with E-state index in [0.717, 1.165) is 31.8 Å². The summed E-state index contributed by atoms with van der Waals surface area (Å²) in [6.45, 7) is 7.54. The molecule has 1 aliphatic rings. The van der Waals surface area contributed by atoms with Gasteiger partial charge < -0.3 is 9.64 Å². The Labute approximate surface area is 85.7 Å². The Balaban J connectivity index is 2.38. The zero-order valence-electron chi connectivity index (χ0n) is 9.25. The minimum atomic E-state index is -0.201. The summed E-state index contributed by atoms with van der Waals surface area (Å²) in [6, 6.07) is 0. The van der Waals surface area contributed by atoms with E-state index in [1.165, 1.54) is 0 Å². The summed E-state index contributed by atoms with van der Waals surface area (Å²) in [5, 5.41) is 0. The van der Waals surface area contributed by atoms with Crippen molar-refractivity contribution in [3.63, 3.8) is 0 Å². The number of amides is 1. The van der Waals surface area contributed by atoms with E-state index in [4.69, 9.17) is 4.74 Å². The molecule has 0 saturated carbocycles. The van der Waals surface area contributed by atoms with Crippen molar-refractivity contribution in [2.45, 2.75) is 33.6 Å². The second-order valence-corrected chi connectivity index (χ2v) is 3.94. The highest BCUT2D eigenvalue weighted by Gasteiger charge is 2.21. The van der Waals surface area contributed by atoms with Crippen molar-refractivity contribution < 1.29 is 9.53 Å². The number of allylic oxidation sites excluding steroid dienone is 2. The molecular weight excluding hydrogens is 178 g/mol. The van der Waals surface area contributed by atoms with Crippen molar-refractivity contribution in [3.05, 3.63) is 11.8 Å². The first-order valence-corrected chi connectivity index (χ1v) is 5.23. The van der Waals surface area contributed by atoms with Crippen molar-refractivity contribution in [1.82, 2.24) is 4.90 Å². The molecule has 0 bridgehead atoms. The average Bonchev–Trinajstić information content (AvgIpc) is 2.18. The number of likely N-dealkylation sites (tertiary alicyclic amines) is 1. The first-order chi connectivity index (χ1) is 6.63. The van der Waals surface area contributed by atoms with Crippen molar-refractivity contribution in [2.24, 2.45) is 5.92 Å². The molecule has 3 nitrogen and oxygen atoms in total. The number of hydrogen-bond acceptors (Lipinski definition) is 2. The number of carbonyl (C=O) groups excluding carboxylic acids is 1. The third kappa shape index (κ3) is 3.05. The molecule has 1 rings (SSSR count). The van der Waals surface area contributed by atoms with Crippen LogP contribution in [0.4, 0.5) is 4.79 Å². The predicted octanol–water partition coefficient (Wildman–Crippen LogP) is 2.78. The molecule has 1 amide bonds. The molecule has 80 valence electrons. The van der Waals surface area contributed by atoms with Crippen LogP contribution in [0.1, 0.15) is 33.6 Å². The van der Waals surface area contributed by atoms with Crippen LogP contribution >= 0.6 is 0 Å². The highest BCUT2D eigenvalue weighted by atomic mass is 16.6. The molecule has 0 aromatic heterocycles. The van der Waals surface area contributed by atoms with Crippen LogP contribution in [-0.4, -0.2) is 24.1 Å². The zero-order chi connectivity index (χ0) is 10.6. The molecule has 0 aromatic rings. The summed E-state index contributed by atoms with van der Waals surface area (Å²) < 4.78 is 5.12. The molecular formula is C11H19NO2.